The number of rotatable bonds is 4. The minimum atomic E-state index is -0.409. The highest BCUT2D eigenvalue weighted by Gasteiger charge is 2.17. The molecule has 0 aromatic carbocycles. The number of alkyl carbamates (subject to hydrolysis) is 1. The Kier molecular flexibility index (Phi) is 5.27. The summed E-state index contributed by atoms with van der Waals surface area (Å²) in [5, 5.41) is 6.14. The summed E-state index contributed by atoms with van der Waals surface area (Å²) in [4.78, 5) is 11.2. The van der Waals surface area contributed by atoms with Crippen molar-refractivity contribution in [3.8, 4) is 0 Å². The van der Waals surface area contributed by atoms with E-state index in [2.05, 4.69) is 10.6 Å². The van der Waals surface area contributed by atoms with Gasteiger partial charge in [0.05, 0.1) is 19.2 Å². The van der Waals surface area contributed by atoms with Gasteiger partial charge in [-0.3, -0.25) is 0 Å². The van der Waals surface area contributed by atoms with Gasteiger partial charge in [-0.15, -0.1) is 0 Å². The van der Waals surface area contributed by atoms with Crippen molar-refractivity contribution in [1.29, 1.82) is 0 Å². The quantitative estimate of drug-likeness (QED) is 0.879. The molecule has 1 aliphatic heterocycles. The molecule has 0 bridgehead atoms. The Morgan fingerprint density at radius 3 is 3.21 bits per heavy atom. The number of amides is 1. The van der Waals surface area contributed by atoms with Crippen molar-refractivity contribution in [3.05, 3.63) is 23.7 Å². The fourth-order valence-corrected chi connectivity index (χ4v) is 2.29. The van der Waals surface area contributed by atoms with Gasteiger partial charge in [-0.2, -0.15) is 0 Å². The number of furan rings is 1. The molecule has 1 fully saturated rings. The van der Waals surface area contributed by atoms with E-state index in [1.807, 2.05) is 12.1 Å². The number of carbonyl (C=O) groups excluding carboxylic acids is 1. The molecule has 0 saturated carbocycles. The summed E-state index contributed by atoms with van der Waals surface area (Å²) in [6.45, 7) is 3.57. The maximum absolute atomic E-state index is 11.2. The fraction of sp³-hybridized carbons (Fsp3) is 0.643. The van der Waals surface area contributed by atoms with Crippen LogP contribution in [-0.4, -0.2) is 19.2 Å². The van der Waals surface area contributed by atoms with Crippen LogP contribution in [0.2, 0.25) is 0 Å². The van der Waals surface area contributed by atoms with E-state index in [0.717, 1.165) is 24.5 Å². The second-order valence-corrected chi connectivity index (χ2v) is 4.73. The molecule has 5 nitrogen and oxygen atoms in total. The molecule has 0 radical (unpaired) electrons. The van der Waals surface area contributed by atoms with Gasteiger partial charge in [0.25, 0.3) is 0 Å². The molecule has 19 heavy (non-hydrogen) atoms. The van der Waals surface area contributed by atoms with Crippen LogP contribution in [0.5, 0.6) is 0 Å². The number of nitrogens with one attached hydrogen (secondary N) is 2. The van der Waals surface area contributed by atoms with Crippen molar-refractivity contribution < 1.29 is 13.9 Å². The molecule has 2 heterocycles. The third kappa shape index (κ3) is 4.28. The number of hydrogen-bond acceptors (Lipinski definition) is 4. The standard InChI is InChI=1S/C14H22N2O3/c1-2-18-14(17)16-10-11-7-8-13(19-11)12-6-4-3-5-9-15-12/h7-8,12,15H,2-6,9-10H2,1H3,(H,16,17)/t12-/m0/s1. The molecule has 2 N–H and O–H groups in total. The molecule has 1 atom stereocenters. The number of hydrogen-bond donors (Lipinski definition) is 2. The zero-order valence-electron chi connectivity index (χ0n) is 11.4. The van der Waals surface area contributed by atoms with Gasteiger partial charge in [0, 0.05) is 0 Å². The summed E-state index contributed by atoms with van der Waals surface area (Å²) in [5.74, 6) is 1.72. The average molecular weight is 266 g/mol. The van der Waals surface area contributed by atoms with Crippen LogP contribution in [0.25, 0.3) is 0 Å². The summed E-state index contributed by atoms with van der Waals surface area (Å²) in [6.07, 6.45) is 4.44. The van der Waals surface area contributed by atoms with Gasteiger partial charge in [-0.05, 0) is 38.4 Å². The number of carbonyl (C=O) groups is 1. The van der Waals surface area contributed by atoms with E-state index >= 15 is 0 Å². The van der Waals surface area contributed by atoms with Gasteiger partial charge in [-0.1, -0.05) is 12.8 Å². The Bertz CT molecular complexity index is 395. The molecular weight excluding hydrogens is 244 g/mol. The molecule has 1 aromatic heterocycles. The lowest BCUT2D eigenvalue weighted by Gasteiger charge is -2.12. The Morgan fingerprint density at radius 1 is 1.47 bits per heavy atom. The van der Waals surface area contributed by atoms with Crippen LogP contribution < -0.4 is 10.6 Å². The lowest BCUT2D eigenvalue weighted by atomic mass is 10.1. The molecule has 2 rings (SSSR count). The van der Waals surface area contributed by atoms with Crippen LogP contribution in [0.3, 0.4) is 0 Å². The van der Waals surface area contributed by atoms with Gasteiger partial charge in [0.1, 0.15) is 11.5 Å². The van der Waals surface area contributed by atoms with Crippen molar-refractivity contribution in [1.82, 2.24) is 10.6 Å². The number of ether oxygens (including phenoxy) is 1. The molecule has 1 amide bonds. The maximum atomic E-state index is 11.2. The van der Waals surface area contributed by atoms with Crippen LogP contribution in [0.15, 0.2) is 16.5 Å². The average Bonchev–Trinajstić information content (AvgIpc) is 2.71. The maximum Gasteiger partial charge on any atom is 0.407 e. The van der Waals surface area contributed by atoms with Gasteiger partial charge in [-0.25, -0.2) is 4.79 Å². The monoisotopic (exact) mass is 266 g/mol. The van der Waals surface area contributed by atoms with Crippen LogP contribution in [0.4, 0.5) is 4.79 Å². The third-order valence-electron chi connectivity index (χ3n) is 3.27. The normalized spacial score (nSPS) is 19.7. The second kappa shape index (κ2) is 7.19. The largest absolute Gasteiger partial charge is 0.463 e. The van der Waals surface area contributed by atoms with Crippen LogP contribution in [0, 0.1) is 0 Å². The minimum absolute atomic E-state index is 0.304. The lowest BCUT2D eigenvalue weighted by molar-refractivity contribution is 0.150. The smallest absolute Gasteiger partial charge is 0.407 e. The van der Waals surface area contributed by atoms with E-state index in [-0.39, 0.29) is 0 Å². The summed E-state index contributed by atoms with van der Waals surface area (Å²) in [5.41, 5.74) is 0. The topological polar surface area (TPSA) is 63.5 Å². The van der Waals surface area contributed by atoms with E-state index in [0.29, 0.717) is 19.2 Å². The molecular formula is C14H22N2O3. The Morgan fingerprint density at radius 2 is 2.37 bits per heavy atom. The predicted molar refractivity (Wildman–Crippen MR) is 71.8 cm³/mol. The Balaban J connectivity index is 1.85. The van der Waals surface area contributed by atoms with Crippen molar-refractivity contribution in [2.45, 2.75) is 45.2 Å². The van der Waals surface area contributed by atoms with Gasteiger partial charge in [0.2, 0.25) is 0 Å². The van der Waals surface area contributed by atoms with E-state index < -0.39 is 6.09 Å². The summed E-state index contributed by atoms with van der Waals surface area (Å²) >= 11 is 0. The molecule has 1 aromatic rings. The van der Waals surface area contributed by atoms with Gasteiger partial charge < -0.3 is 19.8 Å². The van der Waals surface area contributed by atoms with Crippen molar-refractivity contribution >= 4 is 6.09 Å². The van der Waals surface area contributed by atoms with E-state index in [9.17, 15) is 4.79 Å². The van der Waals surface area contributed by atoms with E-state index in [1.165, 1.54) is 19.3 Å². The first-order valence-electron chi connectivity index (χ1n) is 7.02. The van der Waals surface area contributed by atoms with E-state index in [1.54, 1.807) is 6.92 Å². The zero-order chi connectivity index (χ0) is 13.5. The van der Waals surface area contributed by atoms with Gasteiger partial charge in [0.15, 0.2) is 0 Å². The second-order valence-electron chi connectivity index (χ2n) is 4.73. The fourth-order valence-electron chi connectivity index (χ4n) is 2.29. The molecule has 0 unspecified atom stereocenters. The Hall–Kier alpha value is -1.49. The van der Waals surface area contributed by atoms with Crippen molar-refractivity contribution in [3.63, 3.8) is 0 Å². The van der Waals surface area contributed by atoms with Crippen LogP contribution in [-0.2, 0) is 11.3 Å². The molecule has 0 spiro atoms. The highest BCUT2D eigenvalue weighted by Crippen LogP contribution is 2.24. The van der Waals surface area contributed by atoms with E-state index in [4.69, 9.17) is 9.15 Å². The highest BCUT2D eigenvalue weighted by molar-refractivity contribution is 5.66. The first-order valence-corrected chi connectivity index (χ1v) is 7.02. The summed E-state index contributed by atoms with van der Waals surface area (Å²) < 4.78 is 10.6. The van der Waals surface area contributed by atoms with Crippen molar-refractivity contribution in [2.24, 2.45) is 0 Å². The summed E-state index contributed by atoms with van der Waals surface area (Å²) in [7, 11) is 0. The van der Waals surface area contributed by atoms with Gasteiger partial charge >= 0.3 is 6.09 Å². The molecule has 1 aliphatic rings. The molecule has 5 heteroatoms. The first-order chi connectivity index (χ1) is 9.29. The third-order valence-corrected chi connectivity index (χ3v) is 3.27. The van der Waals surface area contributed by atoms with Crippen molar-refractivity contribution in [2.75, 3.05) is 13.2 Å². The SMILES string of the molecule is CCOC(=O)NCc1ccc([C@@H]2CCCCCN2)o1. The predicted octanol–water partition coefficient (Wildman–Crippen LogP) is 2.73. The lowest BCUT2D eigenvalue weighted by Crippen LogP contribution is -2.23. The molecule has 106 valence electrons. The summed E-state index contributed by atoms with van der Waals surface area (Å²) in [6, 6.07) is 4.21. The van der Waals surface area contributed by atoms with Crippen LogP contribution in [0.1, 0.15) is 50.2 Å². The zero-order valence-corrected chi connectivity index (χ0v) is 11.4. The Labute approximate surface area is 113 Å². The highest BCUT2D eigenvalue weighted by atomic mass is 16.5. The first kappa shape index (κ1) is 13.9. The molecule has 0 aliphatic carbocycles. The van der Waals surface area contributed by atoms with Crippen LogP contribution >= 0.6 is 0 Å². The minimum Gasteiger partial charge on any atom is -0.463 e. The molecule has 1 saturated heterocycles.